The molecule has 0 radical (unpaired) electrons. The molecule has 2 aromatic rings. The van der Waals surface area contributed by atoms with Crippen LogP contribution >= 0.6 is 0 Å². The third kappa shape index (κ3) is 4.34. The topological polar surface area (TPSA) is 73.7 Å². The van der Waals surface area contributed by atoms with Crippen LogP contribution < -0.4 is 0 Å². The molecule has 0 fully saturated rings. The van der Waals surface area contributed by atoms with E-state index >= 15 is 0 Å². The molecule has 0 saturated heterocycles. The summed E-state index contributed by atoms with van der Waals surface area (Å²) in [5, 5.41) is 4.36. The van der Waals surface area contributed by atoms with E-state index < -0.39 is 11.8 Å². The van der Waals surface area contributed by atoms with Crippen LogP contribution in [0.25, 0.3) is 0 Å². The molecule has 0 unspecified atom stereocenters. The number of methoxy groups -OCH3 is 2. The van der Waals surface area contributed by atoms with E-state index in [1.54, 1.807) is 41.2 Å². The molecular formula is C20H20FN3O4. The Bertz CT molecular complexity index is 931. The Labute approximate surface area is 161 Å². The van der Waals surface area contributed by atoms with E-state index in [1.807, 2.05) is 0 Å². The van der Waals surface area contributed by atoms with Crippen molar-refractivity contribution in [3.63, 3.8) is 0 Å². The fraction of sp³-hybridized carbons (Fsp3) is 0.250. The Balaban J connectivity index is 1.73. The van der Waals surface area contributed by atoms with Crippen LogP contribution in [0.5, 0.6) is 0 Å². The van der Waals surface area contributed by atoms with Crippen molar-refractivity contribution in [1.29, 1.82) is 0 Å². The lowest BCUT2D eigenvalue weighted by molar-refractivity contribution is 0.0595. The first-order valence-corrected chi connectivity index (χ1v) is 8.59. The van der Waals surface area contributed by atoms with Crippen molar-refractivity contribution in [2.75, 3.05) is 20.8 Å². The fourth-order valence-corrected chi connectivity index (χ4v) is 2.84. The molecule has 0 saturated carbocycles. The molecule has 3 rings (SSSR count). The second-order valence-corrected chi connectivity index (χ2v) is 6.18. The number of hydrogen-bond donors (Lipinski definition) is 0. The predicted octanol–water partition coefficient (Wildman–Crippen LogP) is 2.69. The number of carbonyl (C=O) groups is 2. The normalized spacial score (nSPS) is 13.4. The second kappa shape index (κ2) is 8.62. The van der Waals surface area contributed by atoms with Gasteiger partial charge in [-0.1, -0.05) is 18.2 Å². The van der Waals surface area contributed by atoms with Crippen LogP contribution in [0.1, 0.15) is 32.0 Å². The number of hydrogen-bond acceptors (Lipinski definition) is 5. The third-order valence-electron chi connectivity index (χ3n) is 4.19. The summed E-state index contributed by atoms with van der Waals surface area (Å²) in [6.07, 6.45) is 5.71. The molecule has 8 heteroatoms. The summed E-state index contributed by atoms with van der Waals surface area (Å²) in [4.78, 5) is 25.6. The molecule has 1 aromatic heterocycles. The molecule has 7 nitrogen and oxygen atoms in total. The molecule has 1 aromatic carbocycles. The maximum Gasteiger partial charge on any atom is 0.341 e. The SMILES string of the molecule is COCc1nn(Cc2ccc(C(=O)N3C=C(F)C=CC3)cc2)cc1C(=O)OC. The number of halogens is 1. The standard InChI is InChI=1S/C20H20FN3O4/c1-27-13-18-17(20(26)28-2)12-24(22-18)10-14-5-7-15(8-6-14)19(25)23-9-3-4-16(21)11-23/h3-8,11-12H,9-10,13H2,1-2H3. The summed E-state index contributed by atoms with van der Waals surface area (Å²) < 4.78 is 24.8. The van der Waals surface area contributed by atoms with Crippen molar-refractivity contribution in [3.05, 3.63) is 77.0 Å². The van der Waals surface area contributed by atoms with Gasteiger partial charge in [-0.05, 0) is 23.8 Å². The highest BCUT2D eigenvalue weighted by molar-refractivity contribution is 5.95. The fourth-order valence-electron chi connectivity index (χ4n) is 2.84. The first-order chi connectivity index (χ1) is 13.5. The van der Waals surface area contributed by atoms with E-state index in [0.29, 0.717) is 29.9 Å². The number of amides is 1. The maximum absolute atomic E-state index is 13.3. The van der Waals surface area contributed by atoms with Gasteiger partial charge in [-0.2, -0.15) is 5.10 Å². The number of allylic oxidation sites excluding steroid dienone is 2. The molecular weight excluding hydrogens is 365 g/mol. The number of ether oxygens (including phenoxy) is 2. The Kier molecular flexibility index (Phi) is 6.00. The van der Waals surface area contributed by atoms with Crippen molar-refractivity contribution in [2.24, 2.45) is 0 Å². The van der Waals surface area contributed by atoms with Crippen LogP contribution in [0.4, 0.5) is 4.39 Å². The zero-order chi connectivity index (χ0) is 20.1. The average Bonchev–Trinajstić information content (AvgIpc) is 3.10. The molecule has 0 aliphatic carbocycles. The lowest BCUT2D eigenvalue weighted by atomic mass is 10.1. The molecule has 0 atom stereocenters. The Morgan fingerprint density at radius 2 is 1.96 bits per heavy atom. The molecule has 146 valence electrons. The van der Waals surface area contributed by atoms with Gasteiger partial charge in [0.05, 0.1) is 20.3 Å². The van der Waals surface area contributed by atoms with E-state index in [2.05, 4.69) is 5.10 Å². The van der Waals surface area contributed by atoms with Crippen molar-refractivity contribution < 1.29 is 23.5 Å². The van der Waals surface area contributed by atoms with E-state index in [9.17, 15) is 14.0 Å². The van der Waals surface area contributed by atoms with E-state index in [1.165, 1.54) is 31.4 Å². The van der Waals surface area contributed by atoms with Crippen molar-refractivity contribution in [1.82, 2.24) is 14.7 Å². The summed E-state index contributed by atoms with van der Waals surface area (Å²) in [6, 6.07) is 6.95. The van der Waals surface area contributed by atoms with Crippen LogP contribution in [0, 0.1) is 0 Å². The maximum atomic E-state index is 13.3. The van der Waals surface area contributed by atoms with Gasteiger partial charge in [0.25, 0.3) is 5.91 Å². The Hall–Kier alpha value is -3.26. The Morgan fingerprint density at radius 1 is 1.21 bits per heavy atom. The van der Waals surface area contributed by atoms with Crippen molar-refractivity contribution in [3.8, 4) is 0 Å². The number of carbonyl (C=O) groups excluding carboxylic acids is 2. The summed E-state index contributed by atoms with van der Waals surface area (Å²) in [5.41, 5.74) is 2.19. The molecule has 0 N–H and O–H groups in total. The van der Waals surface area contributed by atoms with Crippen LogP contribution in [0.15, 0.2) is 54.6 Å². The highest BCUT2D eigenvalue weighted by Gasteiger charge is 2.18. The highest BCUT2D eigenvalue weighted by Crippen LogP contribution is 2.15. The van der Waals surface area contributed by atoms with Crippen LogP contribution in [0.2, 0.25) is 0 Å². The van der Waals surface area contributed by atoms with Crippen LogP contribution in [0.3, 0.4) is 0 Å². The smallest absolute Gasteiger partial charge is 0.341 e. The van der Waals surface area contributed by atoms with E-state index in [-0.39, 0.29) is 12.5 Å². The summed E-state index contributed by atoms with van der Waals surface area (Å²) >= 11 is 0. The van der Waals surface area contributed by atoms with Gasteiger partial charge < -0.3 is 14.4 Å². The Morgan fingerprint density at radius 3 is 2.61 bits per heavy atom. The van der Waals surface area contributed by atoms with E-state index in [4.69, 9.17) is 9.47 Å². The molecule has 1 aliphatic rings. The zero-order valence-corrected chi connectivity index (χ0v) is 15.6. The molecule has 0 bridgehead atoms. The second-order valence-electron chi connectivity index (χ2n) is 6.18. The van der Waals surface area contributed by atoms with Crippen LogP contribution in [-0.4, -0.2) is 47.3 Å². The monoisotopic (exact) mass is 385 g/mol. The summed E-state index contributed by atoms with van der Waals surface area (Å²) in [7, 11) is 2.83. The van der Waals surface area contributed by atoms with Gasteiger partial charge in [0.2, 0.25) is 0 Å². The molecule has 1 amide bonds. The number of aromatic nitrogens is 2. The third-order valence-corrected chi connectivity index (χ3v) is 4.19. The summed E-state index contributed by atoms with van der Waals surface area (Å²) in [6.45, 7) is 0.933. The van der Waals surface area contributed by atoms with Gasteiger partial charge in [-0.3, -0.25) is 9.48 Å². The summed E-state index contributed by atoms with van der Waals surface area (Å²) in [5.74, 6) is -1.21. The molecule has 1 aliphatic heterocycles. The minimum Gasteiger partial charge on any atom is -0.465 e. The van der Waals surface area contributed by atoms with Gasteiger partial charge in [-0.25, -0.2) is 9.18 Å². The number of nitrogens with zero attached hydrogens (tertiary/aromatic N) is 3. The first-order valence-electron chi connectivity index (χ1n) is 8.59. The van der Waals surface area contributed by atoms with Crippen molar-refractivity contribution >= 4 is 11.9 Å². The molecule has 2 heterocycles. The predicted molar refractivity (Wildman–Crippen MR) is 99.2 cm³/mol. The minimum atomic E-state index is -0.477. The quantitative estimate of drug-likeness (QED) is 0.715. The molecule has 28 heavy (non-hydrogen) atoms. The lowest BCUT2D eigenvalue weighted by Gasteiger charge is -2.19. The highest BCUT2D eigenvalue weighted by atomic mass is 19.1. The zero-order valence-electron chi connectivity index (χ0n) is 15.6. The lowest BCUT2D eigenvalue weighted by Crippen LogP contribution is -2.27. The first kappa shape index (κ1) is 19.5. The van der Waals surface area contributed by atoms with Gasteiger partial charge in [-0.15, -0.1) is 0 Å². The average molecular weight is 385 g/mol. The van der Waals surface area contributed by atoms with Crippen LogP contribution in [-0.2, 0) is 22.6 Å². The van der Waals surface area contributed by atoms with Gasteiger partial charge in [0.15, 0.2) is 0 Å². The minimum absolute atomic E-state index is 0.194. The largest absolute Gasteiger partial charge is 0.465 e. The van der Waals surface area contributed by atoms with Gasteiger partial charge in [0, 0.05) is 31.6 Å². The van der Waals surface area contributed by atoms with Gasteiger partial charge in [0.1, 0.15) is 17.1 Å². The number of rotatable bonds is 6. The van der Waals surface area contributed by atoms with E-state index in [0.717, 1.165) is 5.56 Å². The number of esters is 1. The number of benzene rings is 1. The van der Waals surface area contributed by atoms with Gasteiger partial charge >= 0.3 is 5.97 Å². The molecule has 0 spiro atoms. The van der Waals surface area contributed by atoms with Crippen molar-refractivity contribution in [2.45, 2.75) is 13.2 Å².